The summed E-state index contributed by atoms with van der Waals surface area (Å²) < 4.78 is 13.1. The van der Waals surface area contributed by atoms with Crippen LogP contribution in [0.15, 0.2) is 53.1 Å². The molecule has 0 saturated heterocycles. The average Bonchev–Trinajstić information content (AvgIpc) is 3.41. The number of aryl methyl sites for hydroxylation is 1. The molecular weight excluding hydrogens is 342 g/mol. The van der Waals surface area contributed by atoms with Crippen molar-refractivity contribution in [2.75, 3.05) is 6.61 Å². The highest BCUT2D eigenvalue weighted by molar-refractivity contribution is 5.77. The third-order valence-electron chi connectivity index (χ3n) is 4.92. The van der Waals surface area contributed by atoms with Gasteiger partial charge in [-0.1, -0.05) is 18.2 Å². The van der Waals surface area contributed by atoms with E-state index in [4.69, 9.17) is 9.15 Å². The smallest absolute Gasteiger partial charge is 0.261 e. The summed E-state index contributed by atoms with van der Waals surface area (Å²) in [7, 11) is 1.98. The van der Waals surface area contributed by atoms with Crippen molar-refractivity contribution in [2.24, 2.45) is 7.05 Å². The van der Waals surface area contributed by atoms with Crippen LogP contribution < -0.4 is 4.74 Å². The van der Waals surface area contributed by atoms with Crippen LogP contribution in [0, 0.1) is 0 Å². The zero-order valence-electron chi connectivity index (χ0n) is 15.4. The molecule has 0 bridgehead atoms. The molecule has 0 spiro atoms. The highest BCUT2D eigenvalue weighted by Crippen LogP contribution is 2.26. The largest absolute Gasteiger partial charge is 0.484 e. The fourth-order valence-corrected chi connectivity index (χ4v) is 3.58. The number of ether oxygens (including phenoxy) is 1. The minimum Gasteiger partial charge on any atom is -0.484 e. The van der Waals surface area contributed by atoms with Gasteiger partial charge in [-0.3, -0.25) is 9.48 Å². The Labute approximate surface area is 158 Å². The Morgan fingerprint density at radius 3 is 2.81 bits per heavy atom. The molecule has 6 heteroatoms. The van der Waals surface area contributed by atoms with Crippen LogP contribution in [0.25, 0.3) is 0 Å². The molecule has 0 N–H and O–H groups in total. The molecule has 4 rings (SSSR count). The molecule has 0 radical (unpaired) electrons. The maximum Gasteiger partial charge on any atom is 0.261 e. The third kappa shape index (κ3) is 3.89. The van der Waals surface area contributed by atoms with E-state index in [0.717, 1.165) is 30.7 Å². The van der Waals surface area contributed by atoms with Crippen LogP contribution in [0.4, 0.5) is 0 Å². The maximum atomic E-state index is 12.9. The fraction of sp³-hybridized carbons (Fsp3) is 0.333. The Morgan fingerprint density at radius 1 is 1.19 bits per heavy atom. The Kier molecular flexibility index (Phi) is 4.96. The molecule has 1 amide bonds. The number of nitrogens with zero attached hydrogens (tertiary/aromatic N) is 3. The lowest BCUT2D eigenvalue weighted by molar-refractivity contribution is -0.135. The molecule has 2 heterocycles. The normalized spacial score (nSPS) is 12.8. The van der Waals surface area contributed by atoms with E-state index in [9.17, 15) is 4.79 Å². The second kappa shape index (κ2) is 7.70. The standard InChI is InChI=1S/C21H23N3O3/c1-23-20-11-5-10-18(20)19(22-23)14-24(13-17-9-6-12-26-17)21(25)15-27-16-7-3-2-4-8-16/h2-4,6-9,12H,5,10-11,13-15H2,1H3. The molecule has 3 aromatic rings. The number of rotatable bonds is 7. The third-order valence-corrected chi connectivity index (χ3v) is 4.92. The summed E-state index contributed by atoms with van der Waals surface area (Å²) in [4.78, 5) is 14.6. The van der Waals surface area contributed by atoms with Crippen molar-refractivity contribution in [1.29, 1.82) is 0 Å². The highest BCUT2D eigenvalue weighted by Gasteiger charge is 2.24. The van der Waals surface area contributed by atoms with Gasteiger partial charge in [0.2, 0.25) is 0 Å². The van der Waals surface area contributed by atoms with E-state index >= 15 is 0 Å². The van der Waals surface area contributed by atoms with Gasteiger partial charge in [-0.15, -0.1) is 0 Å². The van der Waals surface area contributed by atoms with E-state index in [1.165, 1.54) is 11.3 Å². The number of fused-ring (bicyclic) bond motifs is 1. The van der Waals surface area contributed by atoms with Crippen LogP contribution >= 0.6 is 0 Å². The summed E-state index contributed by atoms with van der Waals surface area (Å²) in [6.07, 6.45) is 4.86. The Balaban J connectivity index is 1.50. The summed E-state index contributed by atoms with van der Waals surface area (Å²) in [6, 6.07) is 13.1. The van der Waals surface area contributed by atoms with E-state index in [-0.39, 0.29) is 12.5 Å². The number of para-hydroxylation sites is 1. The van der Waals surface area contributed by atoms with Crippen molar-refractivity contribution >= 4 is 5.91 Å². The lowest BCUT2D eigenvalue weighted by Crippen LogP contribution is -2.34. The average molecular weight is 365 g/mol. The highest BCUT2D eigenvalue weighted by atomic mass is 16.5. The summed E-state index contributed by atoms with van der Waals surface area (Å²) in [5, 5.41) is 4.65. The van der Waals surface area contributed by atoms with E-state index in [1.807, 2.05) is 54.2 Å². The lowest BCUT2D eigenvalue weighted by atomic mass is 10.2. The zero-order chi connectivity index (χ0) is 18.6. The Morgan fingerprint density at radius 2 is 2.04 bits per heavy atom. The topological polar surface area (TPSA) is 60.5 Å². The molecule has 0 aliphatic heterocycles. The maximum absolute atomic E-state index is 12.9. The molecule has 1 aliphatic rings. The van der Waals surface area contributed by atoms with Crippen molar-refractivity contribution in [3.8, 4) is 5.75 Å². The van der Waals surface area contributed by atoms with Crippen LogP contribution in [0.2, 0.25) is 0 Å². The van der Waals surface area contributed by atoms with E-state index in [1.54, 1.807) is 11.2 Å². The summed E-state index contributed by atoms with van der Waals surface area (Å²) >= 11 is 0. The molecule has 0 atom stereocenters. The van der Waals surface area contributed by atoms with Gasteiger partial charge in [0.25, 0.3) is 5.91 Å². The molecule has 0 fully saturated rings. The molecule has 0 unspecified atom stereocenters. The van der Waals surface area contributed by atoms with Crippen molar-refractivity contribution < 1.29 is 13.9 Å². The van der Waals surface area contributed by atoms with Gasteiger partial charge in [-0.2, -0.15) is 5.10 Å². The number of benzene rings is 1. The quantitative estimate of drug-likeness (QED) is 0.645. The molecule has 6 nitrogen and oxygen atoms in total. The minimum atomic E-state index is -0.0901. The second-order valence-corrected chi connectivity index (χ2v) is 6.78. The van der Waals surface area contributed by atoms with E-state index in [2.05, 4.69) is 5.10 Å². The number of furan rings is 1. The van der Waals surface area contributed by atoms with Gasteiger partial charge in [0.15, 0.2) is 6.61 Å². The van der Waals surface area contributed by atoms with Gasteiger partial charge in [0, 0.05) is 12.7 Å². The number of amides is 1. The molecule has 140 valence electrons. The lowest BCUT2D eigenvalue weighted by Gasteiger charge is -2.21. The molecule has 2 aromatic heterocycles. The van der Waals surface area contributed by atoms with E-state index < -0.39 is 0 Å². The first-order chi connectivity index (χ1) is 13.2. The van der Waals surface area contributed by atoms with Crippen LogP contribution in [-0.4, -0.2) is 27.2 Å². The zero-order valence-corrected chi connectivity index (χ0v) is 15.4. The van der Waals surface area contributed by atoms with Gasteiger partial charge in [-0.05, 0) is 49.1 Å². The predicted molar refractivity (Wildman–Crippen MR) is 100 cm³/mol. The van der Waals surface area contributed by atoms with Gasteiger partial charge >= 0.3 is 0 Å². The Hall–Kier alpha value is -3.02. The van der Waals surface area contributed by atoms with E-state index in [0.29, 0.717) is 18.8 Å². The van der Waals surface area contributed by atoms with Crippen LogP contribution in [-0.2, 0) is 37.8 Å². The van der Waals surface area contributed by atoms with Crippen LogP contribution in [0.3, 0.4) is 0 Å². The number of carbonyl (C=O) groups is 1. The summed E-state index contributed by atoms with van der Waals surface area (Å²) in [5.74, 6) is 1.34. The summed E-state index contributed by atoms with van der Waals surface area (Å²) in [6.45, 7) is 0.843. The molecule has 0 saturated carbocycles. The molecule has 27 heavy (non-hydrogen) atoms. The first-order valence-electron chi connectivity index (χ1n) is 9.22. The van der Waals surface area contributed by atoms with Crippen molar-refractivity contribution in [2.45, 2.75) is 32.4 Å². The number of hydrogen-bond acceptors (Lipinski definition) is 4. The van der Waals surface area contributed by atoms with Gasteiger partial charge in [0.1, 0.15) is 11.5 Å². The van der Waals surface area contributed by atoms with Crippen LogP contribution in [0.1, 0.15) is 29.1 Å². The number of aromatic nitrogens is 2. The van der Waals surface area contributed by atoms with Crippen molar-refractivity contribution in [3.05, 3.63) is 71.4 Å². The van der Waals surface area contributed by atoms with Crippen molar-refractivity contribution in [1.82, 2.24) is 14.7 Å². The first kappa shape index (κ1) is 17.4. The molecule has 1 aliphatic carbocycles. The summed E-state index contributed by atoms with van der Waals surface area (Å²) in [5.41, 5.74) is 3.55. The number of hydrogen-bond donors (Lipinski definition) is 0. The van der Waals surface area contributed by atoms with Gasteiger partial charge in [0.05, 0.1) is 25.0 Å². The van der Waals surface area contributed by atoms with Gasteiger partial charge in [-0.25, -0.2) is 0 Å². The molecular formula is C21H23N3O3. The first-order valence-corrected chi connectivity index (χ1v) is 9.22. The van der Waals surface area contributed by atoms with Gasteiger partial charge < -0.3 is 14.1 Å². The van der Waals surface area contributed by atoms with Crippen molar-refractivity contribution in [3.63, 3.8) is 0 Å². The minimum absolute atomic E-state index is 0.0141. The molecule has 1 aromatic carbocycles. The number of carbonyl (C=O) groups excluding carboxylic acids is 1. The second-order valence-electron chi connectivity index (χ2n) is 6.78. The Bertz CT molecular complexity index is 900. The SMILES string of the molecule is Cn1nc(CN(Cc2ccco2)C(=O)COc2ccccc2)c2c1CCC2. The van der Waals surface area contributed by atoms with Crippen LogP contribution in [0.5, 0.6) is 5.75 Å². The predicted octanol–water partition coefficient (Wildman–Crippen LogP) is 3.11. The fourth-order valence-electron chi connectivity index (χ4n) is 3.58. The monoisotopic (exact) mass is 365 g/mol.